The Balaban J connectivity index is 2.73. The van der Waals surface area contributed by atoms with Crippen LogP contribution in [-0.4, -0.2) is 23.1 Å². The predicted octanol–water partition coefficient (Wildman–Crippen LogP) is 3.31. The molecular weight excluding hydrogens is 455 g/mol. The van der Waals surface area contributed by atoms with Crippen LogP contribution in [0.3, 0.4) is 0 Å². The zero-order valence-corrected chi connectivity index (χ0v) is 12.6. The summed E-state index contributed by atoms with van der Waals surface area (Å²) in [5, 5.41) is 0.661. The molecule has 14 heavy (non-hydrogen) atoms. The first-order valence-electron chi connectivity index (χ1n) is 3.50. The minimum atomic E-state index is 0.331. The second-order valence-corrected chi connectivity index (χ2v) is 4.77. The molecule has 78 valence electrons. The molecular formula is C6H5Cl2I2N3O. The third kappa shape index (κ3) is 4.17. The molecule has 0 aliphatic heterocycles. The summed E-state index contributed by atoms with van der Waals surface area (Å²) >= 11 is 15.4. The van der Waals surface area contributed by atoms with E-state index in [9.17, 15) is 0 Å². The molecule has 8 heteroatoms. The first-order valence-corrected chi connectivity index (χ1v) is 6.10. The van der Waals surface area contributed by atoms with Gasteiger partial charge in [0.2, 0.25) is 5.95 Å². The highest BCUT2D eigenvalue weighted by Crippen LogP contribution is 2.19. The van der Waals surface area contributed by atoms with Gasteiger partial charge in [-0.1, -0.05) is 23.2 Å². The van der Waals surface area contributed by atoms with Crippen molar-refractivity contribution < 1.29 is 3.07 Å². The average Bonchev–Trinajstić information content (AvgIpc) is 2.12. The molecule has 0 N–H and O–H groups in total. The van der Waals surface area contributed by atoms with Gasteiger partial charge in [0.05, 0.1) is 36.0 Å². The van der Waals surface area contributed by atoms with Crippen molar-refractivity contribution in [2.24, 2.45) is 0 Å². The maximum Gasteiger partial charge on any atom is 0.237 e. The first kappa shape index (κ1) is 12.9. The molecule has 0 amide bonds. The Kier molecular flexibility index (Phi) is 5.97. The van der Waals surface area contributed by atoms with Crippen LogP contribution in [0.1, 0.15) is 0 Å². The molecule has 0 radical (unpaired) electrons. The average molecular weight is 460 g/mol. The van der Waals surface area contributed by atoms with Gasteiger partial charge in [-0.15, -0.1) is 0 Å². The Hall–Kier alpha value is 0.880. The molecule has 1 aromatic heterocycles. The lowest BCUT2D eigenvalue weighted by Gasteiger charge is -2.13. The molecule has 0 aromatic carbocycles. The normalized spacial score (nSPS) is 10.3. The summed E-state index contributed by atoms with van der Waals surface area (Å²) in [6.45, 7) is 1.25. The van der Waals surface area contributed by atoms with Crippen LogP contribution in [-0.2, 0) is 3.07 Å². The van der Waals surface area contributed by atoms with Crippen molar-refractivity contribution in [2.75, 3.05) is 16.3 Å². The number of nitrogens with zero attached hydrogens (tertiary/aromatic N) is 3. The maximum absolute atomic E-state index is 5.73. The van der Waals surface area contributed by atoms with E-state index in [1.807, 2.05) is 23.0 Å². The summed E-state index contributed by atoms with van der Waals surface area (Å²) in [6, 6.07) is 1.49. The molecule has 1 aromatic rings. The third-order valence-corrected chi connectivity index (χ3v) is 2.98. The summed E-state index contributed by atoms with van der Waals surface area (Å²) in [5.74, 6) is 0.483. The molecule has 0 aliphatic carbocycles. The number of hydrogen-bond acceptors (Lipinski definition) is 4. The highest BCUT2D eigenvalue weighted by atomic mass is 127. The molecule has 4 nitrogen and oxygen atoms in total. The summed E-state index contributed by atoms with van der Waals surface area (Å²) in [6.07, 6.45) is 0. The van der Waals surface area contributed by atoms with Crippen molar-refractivity contribution in [1.82, 2.24) is 9.97 Å². The fourth-order valence-corrected chi connectivity index (χ4v) is 1.73. The largest absolute Gasteiger partial charge is 0.314 e. The van der Waals surface area contributed by atoms with Crippen LogP contribution in [0.25, 0.3) is 0 Å². The second-order valence-electron chi connectivity index (χ2n) is 2.21. The molecule has 0 fully saturated rings. The van der Waals surface area contributed by atoms with Crippen LogP contribution in [0.4, 0.5) is 5.95 Å². The van der Waals surface area contributed by atoms with Gasteiger partial charge in [-0.05, 0) is 0 Å². The van der Waals surface area contributed by atoms with Crippen molar-refractivity contribution in [1.29, 1.82) is 0 Å². The van der Waals surface area contributed by atoms with E-state index in [0.29, 0.717) is 29.4 Å². The van der Waals surface area contributed by atoms with Gasteiger partial charge in [0.25, 0.3) is 0 Å². The molecule has 0 aliphatic rings. The number of halogens is 4. The van der Waals surface area contributed by atoms with Crippen molar-refractivity contribution in [3.63, 3.8) is 0 Å². The van der Waals surface area contributed by atoms with E-state index < -0.39 is 0 Å². The Morgan fingerprint density at radius 3 is 2.43 bits per heavy atom. The number of anilines is 1. The van der Waals surface area contributed by atoms with Gasteiger partial charge in [-0.3, -0.25) is 3.11 Å². The SMILES string of the molecule is Clc1cc(Cl)nc(N(I)CCOI)n1. The van der Waals surface area contributed by atoms with Gasteiger partial charge < -0.3 is 3.07 Å². The van der Waals surface area contributed by atoms with Gasteiger partial charge in [-0.25, -0.2) is 9.97 Å². The van der Waals surface area contributed by atoms with E-state index in [0.717, 1.165) is 0 Å². The van der Waals surface area contributed by atoms with Gasteiger partial charge >= 0.3 is 0 Å². The topological polar surface area (TPSA) is 38.2 Å². The molecule has 0 saturated heterocycles. The second kappa shape index (κ2) is 6.46. The predicted molar refractivity (Wildman–Crippen MR) is 73.4 cm³/mol. The molecule has 1 heterocycles. The lowest BCUT2D eigenvalue weighted by atomic mass is 10.6. The van der Waals surface area contributed by atoms with E-state index in [2.05, 4.69) is 32.8 Å². The third-order valence-electron chi connectivity index (χ3n) is 1.23. The molecule has 0 unspecified atom stereocenters. The highest BCUT2D eigenvalue weighted by molar-refractivity contribution is 14.1. The summed E-state index contributed by atoms with van der Waals surface area (Å²) in [5.41, 5.74) is 0. The van der Waals surface area contributed by atoms with Crippen LogP contribution in [0.2, 0.25) is 10.3 Å². The summed E-state index contributed by atoms with van der Waals surface area (Å²) < 4.78 is 6.68. The number of rotatable bonds is 4. The van der Waals surface area contributed by atoms with E-state index in [1.54, 1.807) is 3.11 Å². The van der Waals surface area contributed by atoms with Gasteiger partial charge in [0.1, 0.15) is 33.3 Å². The van der Waals surface area contributed by atoms with Crippen molar-refractivity contribution >= 4 is 75.0 Å². The van der Waals surface area contributed by atoms with E-state index in [-0.39, 0.29) is 0 Å². The fraction of sp³-hybridized carbons (Fsp3) is 0.333. The van der Waals surface area contributed by atoms with E-state index >= 15 is 0 Å². The molecule has 0 saturated carbocycles. The van der Waals surface area contributed by atoms with Crippen LogP contribution in [0.5, 0.6) is 0 Å². The van der Waals surface area contributed by atoms with Gasteiger partial charge in [0, 0.05) is 6.07 Å². The Labute approximate surface area is 120 Å². The minimum absolute atomic E-state index is 0.331. The first-order chi connectivity index (χ1) is 6.63. The minimum Gasteiger partial charge on any atom is -0.314 e. The Morgan fingerprint density at radius 1 is 1.36 bits per heavy atom. The van der Waals surface area contributed by atoms with Crippen LogP contribution in [0, 0.1) is 0 Å². The lowest BCUT2D eigenvalue weighted by Crippen LogP contribution is -2.17. The smallest absolute Gasteiger partial charge is 0.237 e. The summed E-state index contributed by atoms with van der Waals surface area (Å²) in [4.78, 5) is 8.03. The molecule has 0 bridgehead atoms. The molecule has 0 atom stereocenters. The van der Waals surface area contributed by atoms with E-state index in [4.69, 9.17) is 26.3 Å². The van der Waals surface area contributed by atoms with E-state index in [1.165, 1.54) is 6.07 Å². The maximum atomic E-state index is 5.73. The number of aromatic nitrogens is 2. The monoisotopic (exact) mass is 459 g/mol. The zero-order chi connectivity index (χ0) is 10.6. The quantitative estimate of drug-likeness (QED) is 0.393. The van der Waals surface area contributed by atoms with Crippen molar-refractivity contribution in [3.05, 3.63) is 16.4 Å². The molecule has 0 spiro atoms. The Bertz CT molecular complexity index is 295. The van der Waals surface area contributed by atoms with Crippen molar-refractivity contribution in [2.45, 2.75) is 0 Å². The van der Waals surface area contributed by atoms with Crippen LogP contribution < -0.4 is 3.11 Å². The lowest BCUT2D eigenvalue weighted by molar-refractivity contribution is 0.442. The van der Waals surface area contributed by atoms with Crippen molar-refractivity contribution in [3.8, 4) is 0 Å². The zero-order valence-electron chi connectivity index (χ0n) is 6.75. The highest BCUT2D eigenvalue weighted by Gasteiger charge is 2.08. The Morgan fingerprint density at radius 2 is 1.93 bits per heavy atom. The van der Waals surface area contributed by atoms with Gasteiger partial charge in [0.15, 0.2) is 0 Å². The summed E-state index contributed by atoms with van der Waals surface area (Å²) in [7, 11) is 0. The standard InChI is InChI=1S/C6H5Cl2I2N3O/c7-4-3-5(8)12-6(11-4)13(9)1-2-14-10/h3H,1-2H2. The van der Waals surface area contributed by atoms with Crippen LogP contribution in [0.15, 0.2) is 6.07 Å². The van der Waals surface area contributed by atoms with Crippen LogP contribution >= 0.6 is 69.1 Å². The number of hydrogen-bond donors (Lipinski definition) is 0. The fourth-order valence-electron chi connectivity index (χ4n) is 0.702. The molecule has 1 rings (SSSR count). The van der Waals surface area contributed by atoms with Gasteiger partial charge in [-0.2, -0.15) is 0 Å².